The lowest BCUT2D eigenvalue weighted by Gasteiger charge is -2.23. The zero-order valence-electron chi connectivity index (χ0n) is 16.0. The van der Waals surface area contributed by atoms with Crippen LogP contribution >= 0.6 is 11.3 Å². The molecule has 0 aliphatic carbocycles. The second-order valence-electron chi connectivity index (χ2n) is 6.72. The first-order chi connectivity index (χ1) is 13.7. The fourth-order valence-corrected chi connectivity index (χ4v) is 4.83. The van der Waals surface area contributed by atoms with E-state index < -0.39 is 0 Å². The Morgan fingerprint density at radius 1 is 1.32 bits per heavy atom. The van der Waals surface area contributed by atoms with Crippen LogP contribution in [-0.4, -0.2) is 42.7 Å². The number of methoxy groups -OCH3 is 1. The highest BCUT2D eigenvalue weighted by atomic mass is 32.1. The van der Waals surface area contributed by atoms with Crippen LogP contribution in [0.15, 0.2) is 30.6 Å². The van der Waals surface area contributed by atoms with Gasteiger partial charge in [0, 0.05) is 37.7 Å². The Balaban J connectivity index is 1.85. The van der Waals surface area contributed by atoms with Gasteiger partial charge in [0.05, 0.1) is 17.4 Å². The van der Waals surface area contributed by atoms with Gasteiger partial charge in [-0.2, -0.15) is 0 Å². The van der Waals surface area contributed by atoms with Gasteiger partial charge in [-0.25, -0.2) is 4.98 Å². The zero-order chi connectivity index (χ0) is 19.5. The van der Waals surface area contributed by atoms with Crippen molar-refractivity contribution < 1.29 is 14.3 Å². The Bertz CT molecular complexity index is 996. The molecular weight excluding hydrogens is 374 g/mol. The molecule has 7 heteroatoms. The van der Waals surface area contributed by atoms with E-state index >= 15 is 0 Å². The maximum atomic E-state index is 12.5. The molecule has 0 radical (unpaired) electrons. The third-order valence-electron chi connectivity index (χ3n) is 5.05. The highest BCUT2D eigenvalue weighted by Gasteiger charge is 2.23. The number of carbonyl (C=O) groups excluding carboxylic acids is 1. The molecule has 3 aromatic rings. The van der Waals surface area contributed by atoms with E-state index in [9.17, 15) is 4.79 Å². The van der Waals surface area contributed by atoms with E-state index in [0.717, 1.165) is 52.6 Å². The van der Waals surface area contributed by atoms with Crippen molar-refractivity contribution in [3.63, 3.8) is 0 Å². The first kappa shape index (κ1) is 18.8. The van der Waals surface area contributed by atoms with Gasteiger partial charge in [0.15, 0.2) is 0 Å². The molecule has 0 atom stereocenters. The van der Waals surface area contributed by atoms with Crippen molar-refractivity contribution in [1.82, 2.24) is 15.3 Å². The molecule has 146 valence electrons. The van der Waals surface area contributed by atoms with E-state index in [1.54, 1.807) is 36.9 Å². The van der Waals surface area contributed by atoms with E-state index in [1.165, 1.54) is 5.56 Å². The van der Waals surface area contributed by atoms with Gasteiger partial charge in [-0.1, -0.05) is 6.07 Å². The lowest BCUT2D eigenvalue weighted by atomic mass is 9.91. The number of carbonyl (C=O) groups is 1. The van der Waals surface area contributed by atoms with Crippen LogP contribution < -0.4 is 10.1 Å². The fourth-order valence-electron chi connectivity index (χ4n) is 3.63. The number of aromatic nitrogens is 2. The minimum atomic E-state index is -0.115. The summed E-state index contributed by atoms with van der Waals surface area (Å²) in [6, 6.07) is 5.88. The van der Waals surface area contributed by atoms with E-state index in [4.69, 9.17) is 14.5 Å². The van der Waals surface area contributed by atoms with Crippen LogP contribution in [0.2, 0.25) is 0 Å². The summed E-state index contributed by atoms with van der Waals surface area (Å²) < 4.78 is 12.2. The van der Waals surface area contributed by atoms with Crippen molar-refractivity contribution in [3.8, 4) is 16.3 Å². The zero-order valence-corrected chi connectivity index (χ0v) is 16.8. The predicted molar refractivity (Wildman–Crippen MR) is 110 cm³/mol. The second kappa shape index (κ2) is 8.24. The molecule has 1 aliphatic heterocycles. The summed E-state index contributed by atoms with van der Waals surface area (Å²) in [4.78, 5) is 21.6. The monoisotopic (exact) mass is 397 g/mol. The molecule has 1 N–H and O–H groups in total. The molecule has 0 bridgehead atoms. The number of hydrogen-bond donors (Lipinski definition) is 1. The van der Waals surface area contributed by atoms with Crippen molar-refractivity contribution in [2.45, 2.75) is 25.7 Å². The van der Waals surface area contributed by atoms with Gasteiger partial charge in [0.25, 0.3) is 5.91 Å². The molecule has 1 aliphatic rings. The summed E-state index contributed by atoms with van der Waals surface area (Å²) >= 11 is 1.60. The van der Waals surface area contributed by atoms with Crippen LogP contribution in [-0.2, 0) is 4.74 Å². The third-order valence-corrected chi connectivity index (χ3v) is 6.19. The SMILES string of the molecule is CCNC(=O)c1ccncc1-c1nc2c(OC)ccc(C3CCOCC3)c2s1. The normalized spacial score (nSPS) is 14.9. The van der Waals surface area contributed by atoms with Gasteiger partial charge in [0.1, 0.15) is 16.3 Å². The van der Waals surface area contributed by atoms with Crippen LogP contribution in [0.3, 0.4) is 0 Å². The Hall–Kier alpha value is -2.51. The maximum absolute atomic E-state index is 12.5. The average Bonchev–Trinajstić information content (AvgIpc) is 3.19. The Morgan fingerprint density at radius 3 is 2.89 bits per heavy atom. The van der Waals surface area contributed by atoms with Gasteiger partial charge >= 0.3 is 0 Å². The first-order valence-corrected chi connectivity index (χ1v) is 10.3. The van der Waals surface area contributed by atoms with E-state index in [2.05, 4.69) is 16.4 Å². The Morgan fingerprint density at radius 2 is 2.14 bits per heavy atom. The van der Waals surface area contributed by atoms with Crippen LogP contribution in [0.5, 0.6) is 5.75 Å². The number of hydrogen-bond acceptors (Lipinski definition) is 6. The summed E-state index contributed by atoms with van der Waals surface area (Å²) in [6.45, 7) is 4.05. The molecular formula is C21H23N3O3S. The lowest BCUT2D eigenvalue weighted by Crippen LogP contribution is -2.23. The molecule has 1 fully saturated rings. The minimum absolute atomic E-state index is 0.115. The Kier molecular flexibility index (Phi) is 5.54. The molecule has 4 rings (SSSR count). The number of pyridine rings is 1. The van der Waals surface area contributed by atoms with Crippen molar-refractivity contribution in [3.05, 3.63) is 41.7 Å². The highest BCUT2D eigenvalue weighted by Crippen LogP contribution is 2.42. The van der Waals surface area contributed by atoms with Crippen LogP contribution in [0.25, 0.3) is 20.8 Å². The van der Waals surface area contributed by atoms with Gasteiger partial charge in [0.2, 0.25) is 0 Å². The number of ether oxygens (including phenoxy) is 2. The predicted octanol–water partition coefficient (Wildman–Crippen LogP) is 4.01. The smallest absolute Gasteiger partial charge is 0.252 e. The van der Waals surface area contributed by atoms with Gasteiger partial charge in [-0.05, 0) is 43.4 Å². The largest absolute Gasteiger partial charge is 0.494 e. The van der Waals surface area contributed by atoms with E-state index in [0.29, 0.717) is 18.0 Å². The van der Waals surface area contributed by atoms with Crippen LogP contribution in [0, 0.1) is 0 Å². The topological polar surface area (TPSA) is 73.3 Å². The summed E-state index contributed by atoms with van der Waals surface area (Å²) in [7, 11) is 1.66. The molecule has 2 aromatic heterocycles. The fraction of sp³-hybridized carbons (Fsp3) is 0.381. The minimum Gasteiger partial charge on any atom is -0.494 e. The number of nitrogens with zero attached hydrogens (tertiary/aromatic N) is 2. The molecule has 0 spiro atoms. The number of fused-ring (bicyclic) bond motifs is 1. The quantitative estimate of drug-likeness (QED) is 0.704. The van der Waals surface area contributed by atoms with E-state index in [1.807, 2.05) is 13.0 Å². The standard InChI is InChI=1S/C21H23N3O3S/c1-3-23-20(25)15-6-9-22-12-16(15)21-24-18-17(26-2)5-4-14(19(18)28-21)13-7-10-27-11-8-13/h4-6,9,12-13H,3,7-8,10-11H2,1-2H3,(H,23,25). The number of amides is 1. The number of benzene rings is 1. The van der Waals surface area contributed by atoms with Crippen molar-refractivity contribution in [1.29, 1.82) is 0 Å². The molecule has 0 saturated carbocycles. The van der Waals surface area contributed by atoms with Crippen molar-refractivity contribution in [2.75, 3.05) is 26.9 Å². The van der Waals surface area contributed by atoms with Crippen LogP contribution in [0.1, 0.15) is 41.6 Å². The molecule has 1 aromatic carbocycles. The van der Waals surface area contributed by atoms with Crippen LogP contribution in [0.4, 0.5) is 0 Å². The molecule has 0 unspecified atom stereocenters. The van der Waals surface area contributed by atoms with Gasteiger partial charge in [-0.15, -0.1) is 11.3 Å². The van der Waals surface area contributed by atoms with Gasteiger partial charge < -0.3 is 14.8 Å². The summed E-state index contributed by atoms with van der Waals surface area (Å²) in [5.74, 6) is 1.08. The summed E-state index contributed by atoms with van der Waals surface area (Å²) in [5.41, 5.74) is 3.46. The average molecular weight is 398 g/mol. The number of thiazole rings is 1. The summed E-state index contributed by atoms with van der Waals surface area (Å²) in [5, 5.41) is 3.64. The molecule has 1 amide bonds. The number of nitrogens with one attached hydrogen (secondary N) is 1. The van der Waals surface area contributed by atoms with Gasteiger partial charge in [-0.3, -0.25) is 9.78 Å². The second-order valence-corrected chi connectivity index (χ2v) is 7.72. The molecule has 6 nitrogen and oxygen atoms in total. The molecule has 3 heterocycles. The molecule has 28 heavy (non-hydrogen) atoms. The summed E-state index contributed by atoms with van der Waals surface area (Å²) in [6.07, 6.45) is 5.36. The lowest BCUT2D eigenvalue weighted by molar-refractivity contribution is 0.0856. The van der Waals surface area contributed by atoms with Crippen molar-refractivity contribution >= 4 is 27.5 Å². The number of rotatable bonds is 5. The Labute approximate surface area is 167 Å². The first-order valence-electron chi connectivity index (χ1n) is 9.50. The third kappa shape index (κ3) is 3.47. The highest BCUT2D eigenvalue weighted by molar-refractivity contribution is 7.22. The van der Waals surface area contributed by atoms with Crippen molar-refractivity contribution in [2.24, 2.45) is 0 Å². The maximum Gasteiger partial charge on any atom is 0.252 e. The van der Waals surface area contributed by atoms with E-state index in [-0.39, 0.29) is 5.91 Å². The molecule has 1 saturated heterocycles.